The molecule has 0 aliphatic heterocycles. The molecule has 2 nitrogen and oxygen atoms in total. The molecule has 1 heterocycles. The molecule has 0 unspecified atom stereocenters. The first-order valence-electron chi connectivity index (χ1n) is 4.98. The first-order chi connectivity index (χ1) is 7.83. The molecule has 16 heavy (non-hydrogen) atoms. The summed E-state index contributed by atoms with van der Waals surface area (Å²) < 4.78 is 2.46. The quantitative estimate of drug-likeness (QED) is 0.692. The molecule has 0 atom stereocenters. The van der Waals surface area contributed by atoms with Crippen molar-refractivity contribution in [3.8, 4) is 15.9 Å². The summed E-state index contributed by atoms with van der Waals surface area (Å²) in [5, 5.41) is 9.24. The van der Waals surface area contributed by atoms with Gasteiger partial charge in [-0.05, 0) is 0 Å². The van der Waals surface area contributed by atoms with Crippen LogP contribution in [0.25, 0.3) is 19.9 Å². The molecule has 3 heteroatoms. The van der Waals surface area contributed by atoms with Gasteiger partial charge < -0.3 is 0 Å². The second-order valence-corrected chi connectivity index (χ2v) is 5.70. The Balaban J connectivity index is 2.15. The van der Waals surface area contributed by atoms with E-state index in [1.807, 2.05) is 24.3 Å². The van der Waals surface area contributed by atoms with Crippen molar-refractivity contribution in [1.82, 2.24) is 4.98 Å². The Labute approximate surface area is 98.9 Å². The van der Waals surface area contributed by atoms with Gasteiger partial charge in [-0.15, -0.1) is 0 Å². The number of aromatic nitrogens is 1. The number of hydrogen-bond donors (Lipinski definition) is 1. The third kappa shape index (κ3) is 1.64. The van der Waals surface area contributed by atoms with Crippen molar-refractivity contribution in [2.45, 2.75) is 0 Å². The van der Waals surface area contributed by atoms with E-state index in [2.05, 4.69) is 17.1 Å². The molecule has 0 fully saturated rings. The van der Waals surface area contributed by atoms with Crippen molar-refractivity contribution < 1.29 is 5.11 Å². The van der Waals surface area contributed by atoms with Crippen LogP contribution in [0.5, 0.6) is 5.75 Å². The van der Waals surface area contributed by atoms with Crippen LogP contribution in [0.15, 0.2) is 48.5 Å². The minimum atomic E-state index is 0.285. The Morgan fingerprint density at radius 3 is 2.44 bits per heavy atom. The Hall–Kier alpha value is -1.57. The van der Waals surface area contributed by atoms with Crippen LogP contribution in [0, 0.1) is 0 Å². The molecule has 2 aromatic carbocycles. The summed E-state index contributed by atoms with van der Waals surface area (Å²) in [6, 6.07) is 15.5. The average Bonchev–Trinajstić information content (AvgIpc) is 2.73. The number of phenolic OH excluding ortho intramolecular Hbond substituents is 1. The molecule has 0 bridgehead atoms. The fourth-order valence-electron chi connectivity index (χ4n) is 1.60. The number of fused-ring (bicyclic) bond motifs is 1. The van der Waals surface area contributed by atoms with Gasteiger partial charge in [-0.2, -0.15) is 0 Å². The fourth-order valence-corrected chi connectivity index (χ4v) is 3.64. The van der Waals surface area contributed by atoms with Crippen LogP contribution in [-0.2, 0) is 0 Å². The number of rotatable bonds is 1. The van der Waals surface area contributed by atoms with Gasteiger partial charge in [0.1, 0.15) is 0 Å². The summed E-state index contributed by atoms with van der Waals surface area (Å²) in [6.45, 7) is 0. The number of para-hydroxylation sites is 1. The van der Waals surface area contributed by atoms with Gasteiger partial charge in [-0.25, -0.2) is 0 Å². The first kappa shape index (κ1) is 9.64. The second kappa shape index (κ2) is 3.78. The van der Waals surface area contributed by atoms with E-state index in [4.69, 9.17) is 0 Å². The van der Waals surface area contributed by atoms with E-state index in [0.29, 0.717) is 5.75 Å². The molecule has 1 N–H and O–H groups in total. The van der Waals surface area contributed by atoms with Crippen LogP contribution in [0.3, 0.4) is 0 Å². The Kier molecular flexibility index (Phi) is 2.28. The summed E-state index contributed by atoms with van der Waals surface area (Å²) >= 11 is 0.285. The first-order valence-corrected chi connectivity index (χ1v) is 6.69. The van der Waals surface area contributed by atoms with E-state index in [9.17, 15) is 5.11 Å². The summed E-state index contributed by atoms with van der Waals surface area (Å²) in [7, 11) is 0. The van der Waals surface area contributed by atoms with E-state index in [1.165, 1.54) is 4.26 Å². The van der Waals surface area contributed by atoms with Crippen molar-refractivity contribution in [3.63, 3.8) is 0 Å². The summed E-state index contributed by atoms with van der Waals surface area (Å²) in [5.74, 6) is 0.298. The summed E-state index contributed by atoms with van der Waals surface area (Å²) in [6.07, 6.45) is 0. The van der Waals surface area contributed by atoms with E-state index < -0.39 is 0 Å². The summed E-state index contributed by atoms with van der Waals surface area (Å²) in [4.78, 5) is 4.61. The molecule has 1 aromatic heterocycles. The van der Waals surface area contributed by atoms with E-state index in [0.717, 1.165) is 15.6 Å². The van der Waals surface area contributed by atoms with Crippen molar-refractivity contribution >= 4 is 24.3 Å². The van der Waals surface area contributed by atoms with E-state index in [-0.39, 0.29) is 14.5 Å². The van der Waals surface area contributed by atoms with Crippen molar-refractivity contribution in [2.24, 2.45) is 0 Å². The summed E-state index contributed by atoms with van der Waals surface area (Å²) in [5.41, 5.74) is 2.19. The van der Waals surface area contributed by atoms with Crippen LogP contribution in [0.2, 0.25) is 0 Å². The van der Waals surface area contributed by atoms with Gasteiger partial charge >= 0.3 is 98.8 Å². The molecule has 3 aromatic rings. The predicted molar refractivity (Wildman–Crippen MR) is 65.8 cm³/mol. The van der Waals surface area contributed by atoms with Crippen LogP contribution in [0.4, 0.5) is 0 Å². The van der Waals surface area contributed by atoms with Gasteiger partial charge in [0.05, 0.1) is 0 Å². The average molecular weight is 274 g/mol. The number of nitrogens with zero attached hydrogens (tertiary/aromatic N) is 1. The van der Waals surface area contributed by atoms with Gasteiger partial charge in [0.2, 0.25) is 0 Å². The van der Waals surface area contributed by atoms with E-state index in [1.54, 1.807) is 12.1 Å². The fraction of sp³-hybridized carbons (Fsp3) is 0. The minimum absolute atomic E-state index is 0.285. The van der Waals surface area contributed by atoms with Gasteiger partial charge in [0.25, 0.3) is 0 Å². The van der Waals surface area contributed by atoms with Gasteiger partial charge in [0.15, 0.2) is 0 Å². The molecule has 0 spiro atoms. The monoisotopic (exact) mass is 275 g/mol. The third-order valence-electron chi connectivity index (χ3n) is 2.41. The molecular weight excluding hydrogens is 265 g/mol. The molecule has 0 radical (unpaired) electrons. The Morgan fingerprint density at radius 2 is 1.69 bits per heavy atom. The van der Waals surface area contributed by atoms with Crippen LogP contribution in [0.1, 0.15) is 0 Å². The topological polar surface area (TPSA) is 33.1 Å². The van der Waals surface area contributed by atoms with Gasteiger partial charge in [-0.1, -0.05) is 0 Å². The predicted octanol–water partition coefficient (Wildman–Crippen LogP) is 2.66. The molecule has 0 amide bonds. The zero-order valence-electron chi connectivity index (χ0n) is 8.42. The van der Waals surface area contributed by atoms with Crippen LogP contribution in [-0.4, -0.2) is 24.6 Å². The molecule has 78 valence electrons. The molecule has 3 rings (SSSR count). The number of hydrogen-bond acceptors (Lipinski definition) is 2. The number of benzene rings is 2. The normalized spacial score (nSPS) is 10.8. The molecule has 0 saturated carbocycles. The molecule has 0 saturated heterocycles. The maximum atomic E-state index is 9.24. The Morgan fingerprint density at radius 1 is 0.938 bits per heavy atom. The maximum absolute atomic E-state index is 9.24. The number of aromatic hydroxyl groups is 1. The van der Waals surface area contributed by atoms with Gasteiger partial charge in [0, 0.05) is 0 Å². The van der Waals surface area contributed by atoms with Crippen molar-refractivity contribution in [2.75, 3.05) is 0 Å². The molecule has 0 aliphatic rings. The molecule has 0 aliphatic carbocycles. The van der Waals surface area contributed by atoms with E-state index >= 15 is 0 Å². The third-order valence-corrected chi connectivity index (χ3v) is 4.69. The van der Waals surface area contributed by atoms with Gasteiger partial charge in [-0.3, -0.25) is 0 Å². The second-order valence-electron chi connectivity index (χ2n) is 3.53. The number of phenols is 1. The Bertz CT molecular complexity index is 595. The van der Waals surface area contributed by atoms with Crippen molar-refractivity contribution in [3.05, 3.63) is 48.5 Å². The zero-order valence-corrected chi connectivity index (χ0v) is 10.1. The molecular formula is C13H9NOSe. The zero-order chi connectivity index (χ0) is 11.0. The van der Waals surface area contributed by atoms with Crippen LogP contribution < -0.4 is 0 Å². The van der Waals surface area contributed by atoms with Crippen LogP contribution >= 0.6 is 0 Å². The standard InChI is InChI=1S/C13H9NOSe/c15-10-7-5-9(6-8-10)13-14-11-3-1-2-4-12(11)16-13/h1-8,15H. The SMILES string of the molecule is Oc1ccc(-c2nc3ccccc3[se]2)cc1. The van der Waals surface area contributed by atoms with Crippen molar-refractivity contribution in [1.29, 1.82) is 0 Å².